The summed E-state index contributed by atoms with van der Waals surface area (Å²) in [5, 5.41) is 12.5. The molecule has 0 aromatic rings. The van der Waals surface area contributed by atoms with E-state index in [2.05, 4.69) is 10.2 Å². The third kappa shape index (κ3) is 3.85. The van der Waals surface area contributed by atoms with E-state index in [0.29, 0.717) is 32.0 Å². The van der Waals surface area contributed by atoms with Crippen LogP contribution >= 0.6 is 0 Å². The second kappa shape index (κ2) is 7.72. The van der Waals surface area contributed by atoms with E-state index in [9.17, 15) is 14.7 Å². The van der Waals surface area contributed by atoms with E-state index in [4.69, 9.17) is 0 Å². The topological polar surface area (TPSA) is 72.9 Å². The molecule has 2 saturated carbocycles. The Morgan fingerprint density at radius 3 is 2.04 bits per heavy atom. The van der Waals surface area contributed by atoms with E-state index in [0.717, 1.165) is 32.4 Å². The minimum atomic E-state index is -1.05. The number of carbonyl (C=O) groups excluding carboxylic acids is 1. The largest absolute Gasteiger partial charge is 0.480 e. The van der Waals surface area contributed by atoms with Gasteiger partial charge < -0.3 is 15.3 Å². The van der Waals surface area contributed by atoms with Gasteiger partial charge in [0, 0.05) is 32.2 Å². The number of carbonyl (C=O) groups is 2. The quantitative estimate of drug-likeness (QED) is 0.829. The fourth-order valence-electron chi connectivity index (χ4n) is 4.57. The number of piperazine rings is 1. The zero-order chi connectivity index (χ0) is 17.0. The first kappa shape index (κ1) is 17.5. The van der Waals surface area contributed by atoms with Gasteiger partial charge in [-0.05, 0) is 25.7 Å². The predicted molar refractivity (Wildman–Crippen MR) is 92.0 cm³/mol. The predicted octanol–water partition coefficient (Wildman–Crippen LogP) is 2.43. The molecule has 2 N–H and O–H groups in total. The Bertz CT molecular complexity index is 448. The Balaban J connectivity index is 1.52. The van der Waals surface area contributed by atoms with Crippen LogP contribution in [0.3, 0.4) is 0 Å². The second-order valence-electron chi connectivity index (χ2n) is 7.69. The smallest absolute Gasteiger partial charge is 0.329 e. The van der Waals surface area contributed by atoms with Crippen molar-refractivity contribution < 1.29 is 14.7 Å². The normalized spacial score (nSPS) is 26.1. The van der Waals surface area contributed by atoms with Gasteiger partial charge in [0.2, 0.25) is 0 Å². The number of rotatable bonds is 3. The molecule has 0 radical (unpaired) electrons. The van der Waals surface area contributed by atoms with Crippen LogP contribution in [0.4, 0.5) is 4.79 Å². The number of urea groups is 1. The van der Waals surface area contributed by atoms with Crippen molar-refractivity contribution in [2.75, 3.05) is 26.2 Å². The van der Waals surface area contributed by atoms with E-state index >= 15 is 0 Å². The molecule has 6 nitrogen and oxygen atoms in total. The summed E-state index contributed by atoms with van der Waals surface area (Å²) in [6, 6.07) is 0.496. The maximum atomic E-state index is 12.6. The Morgan fingerprint density at radius 2 is 1.46 bits per heavy atom. The highest BCUT2D eigenvalue weighted by atomic mass is 16.4. The van der Waals surface area contributed by atoms with Crippen LogP contribution in [0.1, 0.15) is 64.2 Å². The maximum Gasteiger partial charge on any atom is 0.329 e. The van der Waals surface area contributed by atoms with Crippen molar-refractivity contribution in [3.63, 3.8) is 0 Å². The Hall–Kier alpha value is -1.30. The van der Waals surface area contributed by atoms with Crippen LogP contribution in [0.15, 0.2) is 0 Å². The lowest BCUT2D eigenvalue weighted by molar-refractivity contribution is -0.146. The van der Waals surface area contributed by atoms with Gasteiger partial charge in [0.1, 0.15) is 5.54 Å². The molecule has 0 aromatic heterocycles. The summed E-state index contributed by atoms with van der Waals surface area (Å²) in [6.45, 7) is 3.24. The highest BCUT2D eigenvalue weighted by Gasteiger charge is 2.42. The van der Waals surface area contributed by atoms with Crippen molar-refractivity contribution in [3.8, 4) is 0 Å². The van der Waals surface area contributed by atoms with E-state index in [-0.39, 0.29) is 6.03 Å². The summed E-state index contributed by atoms with van der Waals surface area (Å²) in [5.74, 6) is -0.878. The number of hydrogen-bond donors (Lipinski definition) is 2. The van der Waals surface area contributed by atoms with E-state index < -0.39 is 11.5 Å². The first-order chi connectivity index (χ1) is 11.6. The first-order valence-corrected chi connectivity index (χ1v) is 9.65. The molecule has 0 spiro atoms. The first-order valence-electron chi connectivity index (χ1n) is 9.65. The molecule has 0 atom stereocenters. The van der Waals surface area contributed by atoms with Gasteiger partial charge in [-0.25, -0.2) is 9.59 Å². The highest BCUT2D eigenvalue weighted by Crippen LogP contribution is 2.29. The van der Waals surface area contributed by atoms with Crippen molar-refractivity contribution in [1.29, 1.82) is 0 Å². The fourth-order valence-corrected chi connectivity index (χ4v) is 4.57. The van der Waals surface area contributed by atoms with Gasteiger partial charge in [0.25, 0.3) is 0 Å². The molecule has 0 bridgehead atoms. The summed E-state index contributed by atoms with van der Waals surface area (Å²) in [6.07, 6.45) is 10.5. The monoisotopic (exact) mass is 337 g/mol. The molecule has 136 valence electrons. The Morgan fingerprint density at radius 1 is 0.875 bits per heavy atom. The average Bonchev–Trinajstić information content (AvgIpc) is 2.63. The minimum Gasteiger partial charge on any atom is -0.480 e. The van der Waals surface area contributed by atoms with Crippen LogP contribution in [-0.2, 0) is 4.79 Å². The Labute approximate surface area is 144 Å². The van der Waals surface area contributed by atoms with Gasteiger partial charge in [-0.1, -0.05) is 38.5 Å². The van der Waals surface area contributed by atoms with Crippen molar-refractivity contribution in [1.82, 2.24) is 15.1 Å². The molecule has 3 fully saturated rings. The van der Waals surface area contributed by atoms with Crippen LogP contribution < -0.4 is 5.32 Å². The average molecular weight is 337 g/mol. The molecule has 1 heterocycles. The lowest BCUT2D eigenvalue weighted by atomic mass is 9.82. The summed E-state index contributed by atoms with van der Waals surface area (Å²) in [7, 11) is 0. The van der Waals surface area contributed by atoms with Gasteiger partial charge in [-0.15, -0.1) is 0 Å². The molecule has 6 heteroatoms. The molecule has 1 aliphatic heterocycles. The molecule has 2 amide bonds. The molecule has 1 saturated heterocycles. The van der Waals surface area contributed by atoms with Crippen molar-refractivity contribution in [2.24, 2.45) is 0 Å². The van der Waals surface area contributed by atoms with Crippen molar-refractivity contribution in [3.05, 3.63) is 0 Å². The van der Waals surface area contributed by atoms with Crippen molar-refractivity contribution >= 4 is 12.0 Å². The summed E-state index contributed by atoms with van der Waals surface area (Å²) in [4.78, 5) is 28.6. The highest BCUT2D eigenvalue weighted by molar-refractivity contribution is 5.86. The molecule has 3 aliphatic rings. The standard InChI is InChI=1S/C18H31N3O3/c22-16(23)18(9-5-2-6-10-18)19-17(24)21-13-11-20(12-14-21)15-7-3-1-4-8-15/h15H,1-14H2,(H,19,24)(H,22,23). The third-order valence-electron chi connectivity index (χ3n) is 6.16. The molecular formula is C18H31N3O3. The van der Waals surface area contributed by atoms with E-state index in [1.807, 2.05) is 0 Å². The zero-order valence-electron chi connectivity index (χ0n) is 14.6. The third-order valence-corrected chi connectivity index (χ3v) is 6.16. The van der Waals surface area contributed by atoms with Crippen LogP contribution in [-0.4, -0.2) is 64.7 Å². The Kier molecular flexibility index (Phi) is 5.64. The number of hydrogen-bond acceptors (Lipinski definition) is 3. The van der Waals surface area contributed by atoms with Crippen LogP contribution in [0.25, 0.3) is 0 Å². The number of amides is 2. The summed E-state index contributed by atoms with van der Waals surface area (Å²) < 4.78 is 0. The number of carboxylic acid groups (broad SMARTS) is 1. The van der Waals surface area contributed by atoms with Gasteiger partial charge in [-0.3, -0.25) is 4.90 Å². The number of nitrogens with zero attached hydrogens (tertiary/aromatic N) is 2. The molecular weight excluding hydrogens is 306 g/mol. The molecule has 24 heavy (non-hydrogen) atoms. The van der Waals surface area contributed by atoms with Crippen molar-refractivity contribution in [2.45, 2.75) is 75.8 Å². The van der Waals surface area contributed by atoms with Gasteiger partial charge >= 0.3 is 12.0 Å². The molecule has 2 aliphatic carbocycles. The number of nitrogens with one attached hydrogen (secondary N) is 1. The van der Waals surface area contributed by atoms with Gasteiger partial charge in [0.15, 0.2) is 0 Å². The zero-order valence-corrected chi connectivity index (χ0v) is 14.6. The molecule has 0 aromatic carbocycles. The molecule has 0 unspecified atom stereocenters. The van der Waals surface area contributed by atoms with E-state index in [1.165, 1.54) is 32.1 Å². The lowest BCUT2D eigenvalue weighted by Crippen LogP contribution is -2.61. The van der Waals surface area contributed by atoms with Crippen LogP contribution in [0.2, 0.25) is 0 Å². The van der Waals surface area contributed by atoms with Crippen LogP contribution in [0, 0.1) is 0 Å². The maximum absolute atomic E-state index is 12.6. The SMILES string of the molecule is O=C(NC1(C(=O)O)CCCCC1)N1CCN(C2CCCCC2)CC1. The number of carboxylic acids is 1. The minimum absolute atomic E-state index is 0.192. The molecule has 3 rings (SSSR count). The van der Waals surface area contributed by atoms with Gasteiger partial charge in [-0.2, -0.15) is 0 Å². The summed E-state index contributed by atoms with van der Waals surface area (Å²) in [5.41, 5.74) is -1.05. The van der Waals surface area contributed by atoms with Crippen LogP contribution in [0.5, 0.6) is 0 Å². The second-order valence-corrected chi connectivity index (χ2v) is 7.69. The lowest BCUT2D eigenvalue weighted by Gasteiger charge is -2.42. The number of aliphatic carboxylic acids is 1. The van der Waals surface area contributed by atoms with E-state index in [1.54, 1.807) is 4.90 Å². The summed E-state index contributed by atoms with van der Waals surface area (Å²) >= 11 is 0. The fraction of sp³-hybridized carbons (Fsp3) is 0.889. The van der Waals surface area contributed by atoms with Gasteiger partial charge in [0.05, 0.1) is 0 Å².